The first-order valence-corrected chi connectivity index (χ1v) is 7.05. The molecule has 4 N–H and O–H groups in total. The van der Waals surface area contributed by atoms with Crippen molar-refractivity contribution in [2.24, 2.45) is 0 Å². The van der Waals surface area contributed by atoms with Crippen molar-refractivity contribution >= 4 is 11.8 Å². The molecule has 0 saturated heterocycles. The van der Waals surface area contributed by atoms with Gasteiger partial charge >= 0.3 is 0 Å². The van der Waals surface area contributed by atoms with Crippen LogP contribution in [-0.4, -0.2) is 49.7 Å². The second-order valence-corrected chi connectivity index (χ2v) is 4.38. The van der Waals surface area contributed by atoms with Gasteiger partial charge in [-0.2, -0.15) is 0 Å². The summed E-state index contributed by atoms with van der Waals surface area (Å²) in [5.74, 6) is 0.0789. The summed E-state index contributed by atoms with van der Waals surface area (Å²) < 4.78 is 0. The average molecular weight is 338 g/mol. The van der Waals surface area contributed by atoms with Crippen molar-refractivity contribution in [1.82, 2.24) is 16.0 Å². The standard InChI is InChI=1S/C13H27N3O3.4CH4/c1-2-7-15-12(18)5-3-4-6-13(19)16-9-8-14-10-11-17;;;;/h14,17H,2-11H2,1H3,(H,15,18)(H,16,19);4*1H4. The molecule has 144 valence electrons. The molecule has 0 aliphatic carbocycles. The van der Waals surface area contributed by atoms with Crippen molar-refractivity contribution in [2.45, 2.75) is 68.7 Å². The fraction of sp³-hybridized carbons (Fsp3) is 0.882. The van der Waals surface area contributed by atoms with Gasteiger partial charge in [0.25, 0.3) is 0 Å². The van der Waals surface area contributed by atoms with Crippen LogP contribution in [-0.2, 0) is 9.59 Å². The predicted octanol–water partition coefficient (Wildman–Crippen LogP) is 2.32. The van der Waals surface area contributed by atoms with Crippen molar-refractivity contribution < 1.29 is 14.7 Å². The number of nitrogens with one attached hydrogen (secondary N) is 3. The summed E-state index contributed by atoms with van der Waals surface area (Å²) in [6, 6.07) is 0. The van der Waals surface area contributed by atoms with Crippen LogP contribution in [0, 0.1) is 0 Å². The molecule has 0 fully saturated rings. The minimum atomic E-state index is 0. The van der Waals surface area contributed by atoms with Gasteiger partial charge in [0.2, 0.25) is 11.8 Å². The van der Waals surface area contributed by atoms with Gasteiger partial charge in [-0.15, -0.1) is 0 Å². The maximum atomic E-state index is 11.4. The van der Waals surface area contributed by atoms with Crippen molar-refractivity contribution in [3.05, 3.63) is 0 Å². The lowest BCUT2D eigenvalue weighted by Gasteiger charge is -2.06. The minimum absolute atomic E-state index is 0. The normalized spacial score (nSPS) is 8.43. The molecular weight excluding hydrogens is 294 g/mol. The molecule has 0 aliphatic rings. The zero-order valence-electron chi connectivity index (χ0n) is 11.8. The largest absolute Gasteiger partial charge is 0.395 e. The van der Waals surface area contributed by atoms with Crippen molar-refractivity contribution in [3.63, 3.8) is 0 Å². The van der Waals surface area contributed by atoms with E-state index >= 15 is 0 Å². The summed E-state index contributed by atoms with van der Waals surface area (Å²) in [6.07, 6.45) is 3.37. The molecule has 0 aromatic rings. The van der Waals surface area contributed by atoms with Crippen LogP contribution in [0.15, 0.2) is 0 Å². The molecule has 0 atom stereocenters. The van der Waals surface area contributed by atoms with E-state index in [9.17, 15) is 9.59 Å². The van der Waals surface area contributed by atoms with Gasteiger partial charge in [0, 0.05) is 39.0 Å². The van der Waals surface area contributed by atoms with Crippen LogP contribution in [0.4, 0.5) is 0 Å². The van der Waals surface area contributed by atoms with Gasteiger partial charge in [-0.3, -0.25) is 9.59 Å². The Hall–Kier alpha value is -1.14. The maximum absolute atomic E-state index is 11.4. The second kappa shape index (κ2) is 25.8. The quantitative estimate of drug-likeness (QED) is 0.411. The zero-order valence-corrected chi connectivity index (χ0v) is 11.8. The molecule has 0 unspecified atom stereocenters. The third kappa shape index (κ3) is 26.1. The minimum Gasteiger partial charge on any atom is -0.395 e. The van der Waals surface area contributed by atoms with Gasteiger partial charge in [-0.05, 0) is 19.3 Å². The number of carbonyl (C=O) groups excluding carboxylic acids is 2. The van der Waals surface area contributed by atoms with Crippen LogP contribution in [0.25, 0.3) is 0 Å². The highest BCUT2D eigenvalue weighted by Gasteiger charge is 2.03. The van der Waals surface area contributed by atoms with Crippen LogP contribution >= 0.6 is 0 Å². The Morgan fingerprint density at radius 3 is 1.70 bits per heavy atom. The summed E-state index contributed by atoms with van der Waals surface area (Å²) in [7, 11) is 0. The highest BCUT2D eigenvalue weighted by molar-refractivity contribution is 5.77. The third-order valence-corrected chi connectivity index (χ3v) is 2.54. The molecule has 0 radical (unpaired) electrons. The molecule has 0 bridgehead atoms. The van der Waals surface area contributed by atoms with Crippen LogP contribution in [0.3, 0.4) is 0 Å². The van der Waals surface area contributed by atoms with Crippen molar-refractivity contribution in [3.8, 4) is 0 Å². The fourth-order valence-electron chi connectivity index (χ4n) is 1.51. The molecular formula is C17H43N3O3. The molecule has 0 saturated carbocycles. The van der Waals surface area contributed by atoms with E-state index in [0.29, 0.717) is 32.5 Å². The number of carbonyl (C=O) groups is 2. The molecule has 2 amide bonds. The Morgan fingerprint density at radius 1 is 0.783 bits per heavy atom. The molecule has 0 aromatic heterocycles. The van der Waals surface area contributed by atoms with E-state index in [-0.39, 0.29) is 48.1 Å². The van der Waals surface area contributed by atoms with E-state index in [2.05, 4.69) is 16.0 Å². The maximum Gasteiger partial charge on any atom is 0.220 e. The summed E-state index contributed by atoms with van der Waals surface area (Å²) in [5, 5.41) is 17.1. The van der Waals surface area contributed by atoms with Crippen LogP contribution in [0.2, 0.25) is 0 Å². The fourth-order valence-corrected chi connectivity index (χ4v) is 1.51. The monoisotopic (exact) mass is 337 g/mol. The van der Waals surface area contributed by atoms with Crippen molar-refractivity contribution in [1.29, 1.82) is 0 Å². The predicted molar refractivity (Wildman–Crippen MR) is 102 cm³/mol. The van der Waals surface area contributed by atoms with E-state index in [4.69, 9.17) is 5.11 Å². The number of aliphatic hydroxyl groups excluding tert-OH is 1. The number of hydrogen-bond acceptors (Lipinski definition) is 4. The number of unbranched alkanes of at least 4 members (excludes halogenated alkanes) is 1. The van der Waals surface area contributed by atoms with Crippen molar-refractivity contribution in [2.75, 3.05) is 32.8 Å². The first-order chi connectivity index (χ1) is 9.20. The smallest absolute Gasteiger partial charge is 0.220 e. The number of rotatable bonds is 12. The first-order valence-electron chi connectivity index (χ1n) is 7.05. The molecule has 6 nitrogen and oxygen atoms in total. The molecule has 0 spiro atoms. The summed E-state index contributed by atoms with van der Waals surface area (Å²) in [5.41, 5.74) is 0. The van der Waals surface area contributed by atoms with E-state index < -0.39 is 0 Å². The SMILES string of the molecule is C.C.C.C.CCCNC(=O)CCCCC(=O)NCCNCCO. The van der Waals surface area contributed by atoms with Crippen LogP contribution < -0.4 is 16.0 Å². The lowest BCUT2D eigenvalue weighted by atomic mass is 10.2. The first kappa shape index (κ1) is 33.5. The highest BCUT2D eigenvalue weighted by Crippen LogP contribution is 1.99. The molecule has 0 aromatic carbocycles. The van der Waals surface area contributed by atoms with Gasteiger partial charge in [0.1, 0.15) is 0 Å². The second-order valence-electron chi connectivity index (χ2n) is 4.38. The molecule has 0 heterocycles. The van der Waals surface area contributed by atoms with Gasteiger partial charge < -0.3 is 21.1 Å². The lowest BCUT2D eigenvalue weighted by Crippen LogP contribution is -2.32. The van der Waals surface area contributed by atoms with E-state index in [1.54, 1.807) is 0 Å². The van der Waals surface area contributed by atoms with Crippen LogP contribution in [0.5, 0.6) is 0 Å². The molecule has 23 heavy (non-hydrogen) atoms. The van der Waals surface area contributed by atoms with E-state index in [1.165, 1.54) is 0 Å². The average Bonchev–Trinajstić information content (AvgIpc) is 2.41. The van der Waals surface area contributed by atoms with Gasteiger partial charge in [0.05, 0.1) is 6.61 Å². The Bertz CT molecular complexity index is 249. The number of amides is 2. The van der Waals surface area contributed by atoms with E-state index in [1.807, 2.05) is 6.92 Å². The van der Waals surface area contributed by atoms with Gasteiger partial charge in [-0.1, -0.05) is 36.6 Å². The van der Waals surface area contributed by atoms with Crippen LogP contribution in [0.1, 0.15) is 68.7 Å². The lowest BCUT2D eigenvalue weighted by molar-refractivity contribution is -0.123. The third-order valence-electron chi connectivity index (χ3n) is 2.54. The Balaban J connectivity index is -0.000000270. The number of aliphatic hydroxyl groups is 1. The summed E-state index contributed by atoms with van der Waals surface area (Å²) in [6.45, 7) is 4.61. The molecule has 6 heteroatoms. The Kier molecular flexibility index (Phi) is 37.5. The van der Waals surface area contributed by atoms with E-state index in [0.717, 1.165) is 25.8 Å². The Labute approximate surface area is 144 Å². The van der Waals surface area contributed by atoms with Gasteiger partial charge in [-0.25, -0.2) is 0 Å². The summed E-state index contributed by atoms with van der Waals surface area (Å²) in [4.78, 5) is 22.7. The topological polar surface area (TPSA) is 90.5 Å². The molecule has 0 rings (SSSR count). The zero-order chi connectivity index (χ0) is 14.3. The summed E-state index contributed by atoms with van der Waals surface area (Å²) >= 11 is 0. The number of hydrogen-bond donors (Lipinski definition) is 4. The Morgan fingerprint density at radius 2 is 1.26 bits per heavy atom. The van der Waals surface area contributed by atoms with Gasteiger partial charge in [0.15, 0.2) is 0 Å². The highest BCUT2D eigenvalue weighted by atomic mass is 16.3. The molecule has 0 aliphatic heterocycles.